The van der Waals surface area contributed by atoms with E-state index in [0.717, 1.165) is 5.56 Å². The first-order valence-corrected chi connectivity index (χ1v) is 16.0. The lowest BCUT2D eigenvalue weighted by Crippen LogP contribution is -2.54. The molecule has 3 aromatic carbocycles. The Labute approximate surface area is 283 Å². The zero-order valence-electron chi connectivity index (χ0n) is 27.6. The van der Waals surface area contributed by atoms with Gasteiger partial charge in [-0.1, -0.05) is 62.4 Å². The van der Waals surface area contributed by atoms with Crippen LogP contribution in [0, 0.1) is 5.92 Å². The normalized spacial score (nSPS) is 12.1. The number of hydrogen-bond donors (Lipinski definition) is 5. The van der Waals surface area contributed by atoms with Crippen LogP contribution in [0.25, 0.3) is 11.1 Å². The largest absolute Gasteiger partial charge is 0.478 e. The lowest BCUT2D eigenvalue weighted by Gasteiger charge is -2.24. The molecule has 0 radical (unpaired) electrons. The van der Waals surface area contributed by atoms with Crippen molar-refractivity contribution in [2.75, 3.05) is 25.0 Å². The first-order valence-electron chi connectivity index (χ1n) is 16.0. The summed E-state index contributed by atoms with van der Waals surface area (Å²) >= 11 is 0. The van der Waals surface area contributed by atoms with Gasteiger partial charge in [-0.05, 0) is 66.6 Å². The zero-order chi connectivity index (χ0) is 35.9. The van der Waals surface area contributed by atoms with E-state index in [-0.39, 0.29) is 43.2 Å². The molecule has 3 rings (SSSR count). The van der Waals surface area contributed by atoms with Crippen LogP contribution in [0.15, 0.2) is 72.8 Å². The summed E-state index contributed by atoms with van der Waals surface area (Å²) in [4.78, 5) is 63.5. The number of halogens is 2. The van der Waals surface area contributed by atoms with Gasteiger partial charge in [-0.15, -0.1) is 0 Å². The number of alkyl halides is 2. The second kappa shape index (κ2) is 18.9. The van der Waals surface area contributed by atoms with Crippen LogP contribution in [0.2, 0.25) is 0 Å². The minimum Gasteiger partial charge on any atom is -0.478 e. The summed E-state index contributed by atoms with van der Waals surface area (Å²) in [5.74, 6) is -3.99. The van der Waals surface area contributed by atoms with Crippen molar-refractivity contribution in [1.29, 1.82) is 0 Å². The number of rotatable bonds is 18. The highest BCUT2D eigenvalue weighted by molar-refractivity contribution is 6.06. The molecule has 5 N–H and O–H groups in total. The van der Waals surface area contributed by atoms with Crippen molar-refractivity contribution in [3.63, 3.8) is 0 Å². The zero-order valence-corrected chi connectivity index (χ0v) is 27.6. The summed E-state index contributed by atoms with van der Waals surface area (Å²) in [5, 5.41) is 20.3. The van der Waals surface area contributed by atoms with Crippen LogP contribution in [-0.4, -0.2) is 73.0 Å². The fourth-order valence-electron chi connectivity index (χ4n) is 5.12. The van der Waals surface area contributed by atoms with Crippen LogP contribution in [0.3, 0.4) is 0 Å². The van der Waals surface area contributed by atoms with Crippen molar-refractivity contribution in [3.05, 3.63) is 89.5 Å². The van der Waals surface area contributed by atoms with Gasteiger partial charge in [0.15, 0.2) is 0 Å². The highest BCUT2D eigenvalue weighted by Crippen LogP contribution is 2.27. The number of carboxylic acids is 1. The molecule has 0 aliphatic carbocycles. The number of ether oxygens (including phenoxy) is 1. The summed E-state index contributed by atoms with van der Waals surface area (Å²) in [6, 6.07) is 16.9. The van der Waals surface area contributed by atoms with Crippen LogP contribution in [0.4, 0.5) is 14.5 Å². The van der Waals surface area contributed by atoms with Gasteiger partial charge in [-0.25, -0.2) is 13.6 Å². The first-order chi connectivity index (χ1) is 23.4. The standard InChI is InChI=1S/C36H42F2N4O7/c1-4-49-32(43)21-40-24-11-9-10-23(19-24)16-17-39-34(45)30(20-31(37)38)42-35(46)29(18-22(2)3)41-33(44)27-14-7-5-12-25(27)26-13-6-8-15-28(26)36(47)48/h5-15,19,22,29-31,40H,4,16-18,20-21H2,1-3H3,(H,39,45)(H,41,44)(H,42,46)(H,47,48)/t29-,30-/m0/s1. The molecule has 0 saturated heterocycles. The van der Waals surface area contributed by atoms with Gasteiger partial charge in [-0.2, -0.15) is 0 Å². The van der Waals surface area contributed by atoms with E-state index in [1.165, 1.54) is 12.1 Å². The molecule has 13 heteroatoms. The van der Waals surface area contributed by atoms with Crippen molar-refractivity contribution in [3.8, 4) is 11.1 Å². The molecular formula is C36H42F2N4O7. The molecule has 11 nitrogen and oxygen atoms in total. The third kappa shape index (κ3) is 12.0. The number of carboxylic acid groups (broad SMARTS) is 1. The summed E-state index contributed by atoms with van der Waals surface area (Å²) < 4.78 is 32.0. The Balaban J connectivity index is 1.70. The van der Waals surface area contributed by atoms with Crippen LogP contribution in [0.5, 0.6) is 0 Å². The van der Waals surface area contributed by atoms with Crippen molar-refractivity contribution in [2.24, 2.45) is 5.92 Å². The molecule has 3 aromatic rings. The van der Waals surface area contributed by atoms with Crippen LogP contribution < -0.4 is 21.3 Å². The predicted molar refractivity (Wildman–Crippen MR) is 180 cm³/mol. The van der Waals surface area contributed by atoms with Crippen LogP contribution in [0.1, 0.15) is 59.9 Å². The summed E-state index contributed by atoms with van der Waals surface area (Å²) in [6.07, 6.45) is -3.37. The number of esters is 1. The van der Waals surface area contributed by atoms with E-state index in [2.05, 4.69) is 21.3 Å². The van der Waals surface area contributed by atoms with E-state index in [9.17, 15) is 37.9 Å². The molecule has 0 spiro atoms. The Kier molecular flexibility index (Phi) is 14.7. The highest BCUT2D eigenvalue weighted by atomic mass is 19.3. The average molecular weight is 681 g/mol. The van der Waals surface area contributed by atoms with Crippen LogP contribution in [-0.2, 0) is 25.5 Å². The minimum absolute atomic E-state index is 0.0153. The van der Waals surface area contributed by atoms with Gasteiger partial charge in [-0.3, -0.25) is 19.2 Å². The number of carbonyl (C=O) groups is 5. The third-order valence-corrected chi connectivity index (χ3v) is 7.38. The topological polar surface area (TPSA) is 163 Å². The van der Waals surface area contributed by atoms with E-state index in [4.69, 9.17) is 4.74 Å². The Hall–Kier alpha value is -5.33. The monoisotopic (exact) mass is 680 g/mol. The molecule has 0 saturated carbocycles. The average Bonchev–Trinajstić information content (AvgIpc) is 3.06. The molecule has 0 unspecified atom stereocenters. The lowest BCUT2D eigenvalue weighted by molar-refractivity contribution is -0.141. The number of benzene rings is 3. The van der Waals surface area contributed by atoms with E-state index in [0.29, 0.717) is 23.2 Å². The number of aromatic carboxylic acids is 1. The van der Waals surface area contributed by atoms with Gasteiger partial charge < -0.3 is 31.1 Å². The van der Waals surface area contributed by atoms with Gasteiger partial charge in [0.25, 0.3) is 5.91 Å². The molecule has 0 heterocycles. The minimum atomic E-state index is -2.91. The van der Waals surface area contributed by atoms with Gasteiger partial charge in [0.2, 0.25) is 18.2 Å². The Bertz CT molecular complexity index is 1620. The van der Waals surface area contributed by atoms with E-state index < -0.39 is 54.6 Å². The maximum atomic E-state index is 13.6. The fraction of sp³-hybridized carbons (Fsp3) is 0.361. The Morgan fingerprint density at radius 3 is 2.06 bits per heavy atom. The lowest BCUT2D eigenvalue weighted by atomic mass is 9.94. The molecular weight excluding hydrogens is 638 g/mol. The van der Waals surface area contributed by atoms with E-state index in [1.54, 1.807) is 67.6 Å². The predicted octanol–water partition coefficient (Wildman–Crippen LogP) is 4.67. The number of carbonyl (C=O) groups excluding carboxylic acids is 4. The summed E-state index contributed by atoms with van der Waals surface area (Å²) in [6.45, 7) is 5.66. The van der Waals surface area contributed by atoms with E-state index in [1.807, 2.05) is 13.8 Å². The molecule has 0 aliphatic heterocycles. The number of amides is 3. The molecule has 2 atom stereocenters. The first kappa shape index (κ1) is 38.1. The summed E-state index contributed by atoms with van der Waals surface area (Å²) in [7, 11) is 0. The second-order valence-corrected chi connectivity index (χ2v) is 11.6. The molecule has 3 amide bonds. The van der Waals surface area contributed by atoms with Crippen molar-refractivity contribution >= 4 is 35.3 Å². The maximum absolute atomic E-state index is 13.6. The third-order valence-electron chi connectivity index (χ3n) is 7.38. The smallest absolute Gasteiger partial charge is 0.336 e. The Morgan fingerprint density at radius 2 is 1.43 bits per heavy atom. The molecule has 0 bridgehead atoms. The SMILES string of the molecule is CCOC(=O)CNc1cccc(CCNC(=O)[C@H](CC(F)F)NC(=O)[C@H](CC(C)C)NC(=O)c2ccccc2-c2ccccc2C(=O)O)c1. The van der Waals surface area contributed by atoms with Crippen molar-refractivity contribution in [1.82, 2.24) is 16.0 Å². The molecule has 0 aromatic heterocycles. The number of hydrogen-bond acceptors (Lipinski definition) is 7. The molecule has 0 aliphatic rings. The Morgan fingerprint density at radius 1 is 0.796 bits per heavy atom. The fourth-order valence-corrected chi connectivity index (χ4v) is 5.12. The molecule has 49 heavy (non-hydrogen) atoms. The van der Waals surface area contributed by atoms with Gasteiger partial charge in [0.1, 0.15) is 18.6 Å². The molecule has 0 fully saturated rings. The second-order valence-electron chi connectivity index (χ2n) is 11.6. The maximum Gasteiger partial charge on any atom is 0.336 e. The van der Waals surface area contributed by atoms with Crippen molar-refractivity contribution in [2.45, 2.75) is 58.5 Å². The quantitative estimate of drug-likeness (QED) is 0.121. The highest BCUT2D eigenvalue weighted by Gasteiger charge is 2.30. The molecule has 262 valence electrons. The van der Waals surface area contributed by atoms with E-state index >= 15 is 0 Å². The summed E-state index contributed by atoms with van der Waals surface area (Å²) in [5.41, 5.74) is 2.19. The van der Waals surface area contributed by atoms with Crippen LogP contribution >= 0.6 is 0 Å². The van der Waals surface area contributed by atoms with Crippen molar-refractivity contribution < 1.29 is 42.6 Å². The number of anilines is 1. The van der Waals surface area contributed by atoms with Gasteiger partial charge in [0, 0.05) is 24.2 Å². The van der Waals surface area contributed by atoms with Gasteiger partial charge in [0.05, 0.1) is 12.2 Å². The number of nitrogens with one attached hydrogen (secondary N) is 4. The van der Waals surface area contributed by atoms with Gasteiger partial charge >= 0.3 is 11.9 Å².